The fourth-order valence-electron chi connectivity index (χ4n) is 1.96. The van der Waals surface area contributed by atoms with Crippen molar-refractivity contribution >= 4 is 0 Å². The Morgan fingerprint density at radius 1 is 1.29 bits per heavy atom. The van der Waals surface area contributed by atoms with Crippen LogP contribution in [-0.2, 0) is 0 Å². The largest absolute Gasteiger partial charge is 0.486 e. The van der Waals surface area contributed by atoms with E-state index in [1.807, 2.05) is 25.1 Å². The van der Waals surface area contributed by atoms with Gasteiger partial charge in [0.1, 0.15) is 13.2 Å². The van der Waals surface area contributed by atoms with E-state index in [2.05, 4.69) is 0 Å². The van der Waals surface area contributed by atoms with Crippen LogP contribution >= 0.6 is 0 Å². The quantitative estimate of drug-likeness (QED) is 0.835. The normalized spacial score (nSPS) is 17.6. The second-order valence-electron chi connectivity index (χ2n) is 4.28. The predicted octanol–water partition coefficient (Wildman–Crippen LogP) is 1.62. The zero-order valence-electron chi connectivity index (χ0n) is 10.1. The number of aliphatic hydroxyl groups excluding tert-OH is 1. The number of rotatable bonds is 4. The van der Waals surface area contributed by atoms with Crippen molar-refractivity contribution in [1.82, 2.24) is 0 Å². The summed E-state index contributed by atoms with van der Waals surface area (Å²) >= 11 is 0. The highest BCUT2D eigenvalue weighted by Crippen LogP contribution is 2.33. The maximum Gasteiger partial charge on any atom is 0.161 e. The molecular weight excluding hydrogens is 218 g/mol. The van der Waals surface area contributed by atoms with E-state index in [4.69, 9.17) is 15.2 Å². The Kier molecular flexibility index (Phi) is 3.86. The lowest BCUT2D eigenvalue weighted by molar-refractivity contribution is 0.133. The molecule has 0 saturated carbocycles. The molecule has 0 amide bonds. The summed E-state index contributed by atoms with van der Waals surface area (Å²) in [6, 6.07) is 5.23. The molecule has 4 nitrogen and oxygen atoms in total. The number of nitrogens with two attached hydrogens (primary N) is 1. The first-order valence-electron chi connectivity index (χ1n) is 6.05. The van der Waals surface area contributed by atoms with Crippen LogP contribution in [-0.4, -0.2) is 24.4 Å². The van der Waals surface area contributed by atoms with Crippen molar-refractivity contribution in [3.05, 3.63) is 23.8 Å². The molecule has 17 heavy (non-hydrogen) atoms. The van der Waals surface area contributed by atoms with Crippen LogP contribution in [0.2, 0.25) is 0 Å². The molecule has 0 aromatic heterocycles. The van der Waals surface area contributed by atoms with Crippen LogP contribution in [0, 0.1) is 0 Å². The molecule has 0 fully saturated rings. The van der Waals surface area contributed by atoms with Gasteiger partial charge in [-0.1, -0.05) is 19.4 Å². The summed E-state index contributed by atoms with van der Waals surface area (Å²) in [5, 5.41) is 9.88. The summed E-state index contributed by atoms with van der Waals surface area (Å²) < 4.78 is 10.9. The molecule has 0 unspecified atom stereocenters. The molecule has 1 aliphatic rings. The smallest absolute Gasteiger partial charge is 0.161 e. The Labute approximate surface area is 101 Å². The van der Waals surface area contributed by atoms with E-state index >= 15 is 0 Å². The van der Waals surface area contributed by atoms with E-state index in [0.29, 0.717) is 25.4 Å². The van der Waals surface area contributed by atoms with Crippen molar-refractivity contribution in [3.8, 4) is 11.5 Å². The third-order valence-electron chi connectivity index (χ3n) is 2.95. The molecule has 0 aliphatic carbocycles. The summed E-state index contributed by atoms with van der Waals surface area (Å²) in [5.41, 5.74) is 6.90. The molecular formula is C13H19NO3. The fraction of sp³-hybridized carbons (Fsp3) is 0.538. The van der Waals surface area contributed by atoms with Gasteiger partial charge < -0.3 is 20.3 Å². The third-order valence-corrected chi connectivity index (χ3v) is 2.95. The second-order valence-corrected chi connectivity index (χ2v) is 4.28. The van der Waals surface area contributed by atoms with Gasteiger partial charge in [-0.05, 0) is 24.1 Å². The average molecular weight is 237 g/mol. The van der Waals surface area contributed by atoms with Gasteiger partial charge in [0, 0.05) is 0 Å². The molecule has 1 heterocycles. The maximum atomic E-state index is 9.88. The van der Waals surface area contributed by atoms with Crippen molar-refractivity contribution < 1.29 is 14.6 Å². The van der Waals surface area contributed by atoms with Crippen LogP contribution < -0.4 is 15.2 Å². The third kappa shape index (κ3) is 2.70. The van der Waals surface area contributed by atoms with Gasteiger partial charge in [0.25, 0.3) is 0 Å². The van der Waals surface area contributed by atoms with Crippen molar-refractivity contribution in [3.63, 3.8) is 0 Å². The zero-order valence-corrected chi connectivity index (χ0v) is 10.1. The molecule has 1 aliphatic heterocycles. The first kappa shape index (κ1) is 12.2. The number of aliphatic hydroxyl groups is 1. The standard InChI is InChI=1S/C13H19NO3/c1-2-3-10(15)13(14)9-4-5-11-12(8-9)17-7-6-16-11/h4-5,8,10,13,15H,2-3,6-7,14H2,1H3/t10-,13+/m0/s1. The lowest BCUT2D eigenvalue weighted by atomic mass is 9.99. The van der Waals surface area contributed by atoms with E-state index < -0.39 is 6.10 Å². The summed E-state index contributed by atoms with van der Waals surface area (Å²) in [5.74, 6) is 1.46. The topological polar surface area (TPSA) is 64.7 Å². The van der Waals surface area contributed by atoms with Gasteiger partial charge in [-0.3, -0.25) is 0 Å². The van der Waals surface area contributed by atoms with Crippen LogP contribution in [0.4, 0.5) is 0 Å². The van der Waals surface area contributed by atoms with Gasteiger partial charge in [0.2, 0.25) is 0 Å². The van der Waals surface area contributed by atoms with E-state index in [1.54, 1.807) is 0 Å². The van der Waals surface area contributed by atoms with E-state index in [9.17, 15) is 5.11 Å². The minimum absolute atomic E-state index is 0.370. The molecule has 1 aromatic rings. The Hall–Kier alpha value is -1.26. The Bertz CT molecular complexity index is 381. The zero-order chi connectivity index (χ0) is 12.3. The number of hydrogen-bond donors (Lipinski definition) is 2. The van der Waals surface area contributed by atoms with Gasteiger partial charge >= 0.3 is 0 Å². The van der Waals surface area contributed by atoms with Crippen molar-refractivity contribution in [1.29, 1.82) is 0 Å². The van der Waals surface area contributed by atoms with Crippen molar-refractivity contribution in [2.24, 2.45) is 5.73 Å². The van der Waals surface area contributed by atoms with Gasteiger partial charge in [-0.25, -0.2) is 0 Å². The van der Waals surface area contributed by atoms with Crippen LogP contribution in [0.15, 0.2) is 18.2 Å². The van der Waals surface area contributed by atoms with Crippen molar-refractivity contribution in [2.75, 3.05) is 13.2 Å². The van der Waals surface area contributed by atoms with E-state index in [0.717, 1.165) is 17.7 Å². The first-order chi connectivity index (χ1) is 8.22. The van der Waals surface area contributed by atoms with Crippen LogP contribution in [0.5, 0.6) is 11.5 Å². The fourth-order valence-corrected chi connectivity index (χ4v) is 1.96. The number of fused-ring (bicyclic) bond motifs is 1. The van der Waals surface area contributed by atoms with Gasteiger partial charge in [0.15, 0.2) is 11.5 Å². The van der Waals surface area contributed by atoms with Crippen molar-refractivity contribution in [2.45, 2.75) is 31.9 Å². The van der Waals surface area contributed by atoms with Crippen LogP contribution in [0.25, 0.3) is 0 Å². The number of ether oxygens (including phenoxy) is 2. The van der Waals surface area contributed by atoms with Gasteiger partial charge in [-0.15, -0.1) is 0 Å². The Morgan fingerprint density at radius 2 is 2.00 bits per heavy atom. The molecule has 2 rings (SSSR count). The monoisotopic (exact) mass is 237 g/mol. The molecule has 0 radical (unpaired) electrons. The predicted molar refractivity (Wildman–Crippen MR) is 65.3 cm³/mol. The summed E-state index contributed by atoms with van der Waals surface area (Å²) in [4.78, 5) is 0. The highest BCUT2D eigenvalue weighted by atomic mass is 16.6. The average Bonchev–Trinajstić information content (AvgIpc) is 2.37. The lowest BCUT2D eigenvalue weighted by Gasteiger charge is -2.22. The highest BCUT2D eigenvalue weighted by molar-refractivity contribution is 5.44. The summed E-state index contributed by atoms with van der Waals surface area (Å²) in [6.45, 7) is 3.17. The minimum atomic E-state index is -0.512. The molecule has 94 valence electrons. The molecule has 1 aromatic carbocycles. The van der Waals surface area contributed by atoms with Crippen LogP contribution in [0.1, 0.15) is 31.4 Å². The molecule has 2 atom stereocenters. The van der Waals surface area contributed by atoms with Gasteiger partial charge in [0.05, 0.1) is 12.1 Å². The molecule has 4 heteroatoms. The number of hydrogen-bond acceptors (Lipinski definition) is 4. The number of benzene rings is 1. The summed E-state index contributed by atoms with van der Waals surface area (Å²) in [6.07, 6.45) is 1.11. The molecule has 0 bridgehead atoms. The minimum Gasteiger partial charge on any atom is -0.486 e. The van der Waals surface area contributed by atoms with E-state index in [1.165, 1.54) is 0 Å². The van der Waals surface area contributed by atoms with E-state index in [-0.39, 0.29) is 6.04 Å². The van der Waals surface area contributed by atoms with Crippen LogP contribution in [0.3, 0.4) is 0 Å². The SMILES string of the molecule is CCC[C@H](O)[C@H](N)c1ccc2c(c1)OCCO2. The Balaban J connectivity index is 2.15. The molecule has 0 spiro atoms. The molecule has 3 N–H and O–H groups in total. The van der Waals surface area contributed by atoms with Gasteiger partial charge in [-0.2, -0.15) is 0 Å². The maximum absolute atomic E-state index is 9.88. The highest BCUT2D eigenvalue weighted by Gasteiger charge is 2.19. The second kappa shape index (κ2) is 5.38. The first-order valence-corrected chi connectivity index (χ1v) is 6.05. The Morgan fingerprint density at radius 3 is 2.71 bits per heavy atom. The molecule has 0 saturated heterocycles. The lowest BCUT2D eigenvalue weighted by Crippen LogP contribution is -2.26. The summed E-state index contributed by atoms with van der Waals surface area (Å²) in [7, 11) is 0.